The summed E-state index contributed by atoms with van der Waals surface area (Å²) in [5, 5.41) is 10.0. The van der Waals surface area contributed by atoms with E-state index < -0.39 is 23.9 Å². The average Bonchev–Trinajstić information content (AvgIpc) is 2.57. The van der Waals surface area contributed by atoms with Crippen molar-refractivity contribution in [2.24, 2.45) is 5.73 Å². The van der Waals surface area contributed by atoms with Crippen LogP contribution < -0.4 is 5.73 Å². The number of carbonyl (C=O) groups is 1. The van der Waals surface area contributed by atoms with Gasteiger partial charge in [-0.15, -0.1) is 0 Å². The molecule has 7 heteroatoms. The Morgan fingerprint density at radius 2 is 2.08 bits per heavy atom. The maximum Gasteiger partial charge on any atom is 0.259 e. The van der Waals surface area contributed by atoms with E-state index in [1.807, 2.05) is 0 Å². The zero-order valence-electron chi connectivity index (χ0n) is 12.5. The Labute approximate surface area is 142 Å². The Morgan fingerprint density at radius 3 is 2.71 bits per heavy atom. The molecule has 0 saturated heterocycles. The molecule has 0 spiro atoms. The molecule has 0 fully saturated rings. The van der Waals surface area contributed by atoms with Gasteiger partial charge in [0.2, 0.25) is 5.67 Å². The molecule has 1 aliphatic carbocycles. The minimum absolute atomic E-state index is 0.0541. The van der Waals surface area contributed by atoms with Crippen LogP contribution in [-0.2, 0) is 10.5 Å². The molecule has 0 aliphatic heterocycles. The molecule has 1 amide bonds. The highest BCUT2D eigenvalue weighted by Gasteiger charge is 2.48. The number of amides is 1. The summed E-state index contributed by atoms with van der Waals surface area (Å²) < 4.78 is 30.4. The van der Waals surface area contributed by atoms with Crippen molar-refractivity contribution < 1.29 is 18.7 Å². The van der Waals surface area contributed by atoms with Crippen molar-refractivity contribution in [1.82, 2.24) is 4.98 Å². The summed E-state index contributed by atoms with van der Waals surface area (Å²) in [6.07, 6.45) is -3.26. The second kappa shape index (κ2) is 6.11. The number of nitrogens with two attached hydrogens (primary N) is 1. The Bertz CT molecular complexity index is 788. The Morgan fingerprint density at radius 1 is 1.42 bits per heavy atom. The summed E-state index contributed by atoms with van der Waals surface area (Å²) in [6, 6.07) is 9.25. The molecule has 1 aliphatic rings. The fourth-order valence-electron chi connectivity index (χ4n) is 3.07. The first kappa shape index (κ1) is 16.8. The standard InChI is InChI=1S/C17H15ClF2N2O2/c18-12-8-10(14(19)9-4-2-1-3-5-9)13-15(22-12)11(23)6-7-17(13,20)16(21)24/h1-5,8,11,14,23H,6-7H2,(H2,21,24). The number of alkyl halides is 2. The molecule has 3 unspecified atom stereocenters. The van der Waals surface area contributed by atoms with E-state index in [4.69, 9.17) is 17.3 Å². The van der Waals surface area contributed by atoms with E-state index in [9.17, 15) is 9.90 Å². The van der Waals surface area contributed by atoms with Crippen LogP contribution in [0.5, 0.6) is 0 Å². The fourth-order valence-corrected chi connectivity index (χ4v) is 3.28. The van der Waals surface area contributed by atoms with E-state index in [1.165, 1.54) is 18.2 Å². The van der Waals surface area contributed by atoms with E-state index in [-0.39, 0.29) is 40.4 Å². The first-order chi connectivity index (χ1) is 11.3. The number of carbonyl (C=O) groups excluding carboxylic acids is 1. The van der Waals surface area contributed by atoms with Crippen LogP contribution in [-0.4, -0.2) is 16.0 Å². The molecule has 3 rings (SSSR count). The van der Waals surface area contributed by atoms with Crippen LogP contribution in [0.4, 0.5) is 8.78 Å². The molecule has 0 radical (unpaired) electrons. The van der Waals surface area contributed by atoms with Crippen LogP contribution in [0.15, 0.2) is 36.4 Å². The minimum atomic E-state index is -2.60. The molecule has 1 heterocycles. The molecule has 3 atom stereocenters. The molecular formula is C17H15ClF2N2O2. The predicted molar refractivity (Wildman–Crippen MR) is 84.8 cm³/mol. The number of rotatable bonds is 3. The zero-order chi connectivity index (χ0) is 17.5. The lowest BCUT2D eigenvalue weighted by Gasteiger charge is -2.34. The van der Waals surface area contributed by atoms with Gasteiger partial charge in [0.05, 0.1) is 11.8 Å². The molecule has 3 N–H and O–H groups in total. The quantitative estimate of drug-likeness (QED) is 0.832. The first-order valence-corrected chi connectivity index (χ1v) is 7.79. The van der Waals surface area contributed by atoms with E-state index in [2.05, 4.69) is 4.98 Å². The van der Waals surface area contributed by atoms with Gasteiger partial charge < -0.3 is 10.8 Å². The fraction of sp³-hybridized carbons (Fsp3) is 0.294. The molecule has 0 bridgehead atoms. The highest BCUT2D eigenvalue weighted by atomic mass is 35.5. The highest BCUT2D eigenvalue weighted by Crippen LogP contribution is 2.47. The monoisotopic (exact) mass is 352 g/mol. The van der Waals surface area contributed by atoms with Crippen LogP contribution in [0.25, 0.3) is 0 Å². The van der Waals surface area contributed by atoms with Crippen LogP contribution in [0.1, 0.15) is 47.5 Å². The average molecular weight is 353 g/mol. The van der Waals surface area contributed by atoms with Gasteiger partial charge in [0.15, 0.2) is 6.17 Å². The van der Waals surface area contributed by atoms with Gasteiger partial charge in [-0.1, -0.05) is 41.9 Å². The Hall–Kier alpha value is -2.05. The van der Waals surface area contributed by atoms with Crippen LogP contribution >= 0.6 is 11.6 Å². The third kappa shape index (κ3) is 2.65. The van der Waals surface area contributed by atoms with Crippen LogP contribution in [0, 0.1) is 0 Å². The summed E-state index contributed by atoms with van der Waals surface area (Å²) in [4.78, 5) is 15.6. The van der Waals surface area contributed by atoms with Crippen molar-refractivity contribution in [3.05, 3.63) is 63.9 Å². The van der Waals surface area contributed by atoms with Crippen molar-refractivity contribution in [1.29, 1.82) is 0 Å². The SMILES string of the molecule is NC(=O)C1(F)CCC(O)c2nc(Cl)cc(C(F)c3ccccc3)c21. The van der Waals surface area contributed by atoms with Gasteiger partial charge in [-0.05, 0) is 24.5 Å². The normalized spacial score (nSPS) is 24.2. The Balaban J connectivity index is 2.26. The number of fused-ring (bicyclic) bond motifs is 1. The van der Waals surface area contributed by atoms with Gasteiger partial charge in [0, 0.05) is 11.1 Å². The van der Waals surface area contributed by atoms with E-state index in [0.29, 0.717) is 0 Å². The predicted octanol–water partition coefficient (Wildman–Crippen LogP) is 3.27. The van der Waals surface area contributed by atoms with Crippen molar-refractivity contribution in [2.45, 2.75) is 30.8 Å². The maximum atomic E-state index is 15.3. The Kier molecular flexibility index (Phi) is 4.27. The molecule has 126 valence electrons. The third-order valence-electron chi connectivity index (χ3n) is 4.28. The van der Waals surface area contributed by atoms with Gasteiger partial charge in [0.25, 0.3) is 5.91 Å². The van der Waals surface area contributed by atoms with E-state index in [1.54, 1.807) is 18.2 Å². The smallest absolute Gasteiger partial charge is 0.259 e. The molecule has 0 saturated carbocycles. The zero-order valence-corrected chi connectivity index (χ0v) is 13.3. The van der Waals surface area contributed by atoms with E-state index in [0.717, 1.165) is 0 Å². The van der Waals surface area contributed by atoms with Crippen molar-refractivity contribution in [2.75, 3.05) is 0 Å². The summed E-state index contributed by atoms with van der Waals surface area (Å²) >= 11 is 5.92. The van der Waals surface area contributed by atoms with Gasteiger partial charge in [0.1, 0.15) is 5.15 Å². The number of pyridine rings is 1. The van der Waals surface area contributed by atoms with Crippen LogP contribution in [0.2, 0.25) is 5.15 Å². The van der Waals surface area contributed by atoms with Gasteiger partial charge in [-0.2, -0.15) is 0 Å². The number of halogens is 3. The number of benzene rings is 1. The topological polar surface area (TPSA) is 76.2 Å². The second-order valence-electron chi connectivity index (χ2n) is 5.79. The first-order valence-electron chi connectivity index (χ1n) is 7.41. The van der Waals surface area contributed by atoms with Crippen molar-refractivity contribution >= 4 is 17.5 Å². The minimum Gasteiger partial charge on any atom is -0.387 e. The number of aliphatic hydroxyl groups excluding tert-OH is 1. The van der Waals surface area contributed by atoms with Gasteiger partial charge >= 0.3 is 0 Å². The largest absolute Gasteiger partial charge is 0.387 e. The summed E-state index contributed by atoms with van der Waals surface area (Å²) in [6.45, 7) is 0. The lowest BCUT2D eigenvalue weighted by Crippen LogP contribution is -2.42. The number of aromatic nitrogens is 1. The molecule has 1 aromatic carbocycles. The maximum absolute atomic E-state index is 15.3. The summed E-state index contributed by atoms with van der Waals surface area (Å²) in [5.41, 5.74) is 2.32. The number of nitrogens with zero attached hydrogens (tertiary/aromatic N) is 1. The molecule has 2 aromatic rings. The van der Waals surface area contributed by atoms with Gasteiger partial charge in [-0.25, -0.2) is 13.8 Å². The second-order valence-corrected chi connectivity index (χ2v) is 6.17. The molecular weight excluding hydrogens is 338 g/mol. The lowest BCUT2D eigenvalue weighted by molar-refractivity contribution is -0.132. The van der Waals surface area contributed by atoms with Crippen molar-refractivity contribution in [3.63, 3.8) is 0 Å². The van der Waals surface area contributed by atoms with Crippen LogP contribution in [0.3, 0.4) is 0 Å². The summed E-state index contributed by atoms with van der Waals surface area (Å²) in [5.74, 6) is -1.23. The summed E-state index contributed by atoms with van der Waals surface area (Å²) in [7, 11) is 0. The number of primary amides is 1. The number of hydrogen-bond acceptors (Lipinski definition) is 3. The molecule has 24 heavy (non-hydrogen) atoms. The molecule has 1 aromatic heterocycles. The van der Waals surface area contributed by atoms with Gasteiger partial charge in [-0.3, -0.25) is 4.79 Å². The third-order valence-corrected chi connectivity index (χ3v) is 4.47. The number of aliphatic hydroxyl groups is 1. The number of hydrogen-bond donors (Lipinski definition) is 2. The lowest BCUT2D eigenvalue weighted by atomic mass is 9.77. The van der Waals surface area contributed by atoms with Crippen molar-refractivity contribution in [3.8, 4) is 0 Å². The highest BCUT2D eigenvalue weighted by molar-refractivity contribution is 6.29. The molecule has 4 nitrogen and oxygen atoms in total. The van der Waals surface area contributed by atoms with E-state index >= 15 is 8.78 Å².